The van der Waals surface area contributed by atoms with Crippen LogP contribution in [0.15, 0.2) is 18.2 Å². The zero-order valence-corrected chi connectivity index (χ0v) is 12.8. The van der Waals surface area contributed by atoms with Gasteiger partial charge in [0.05, 0.1) is 10.6 Å². The molecule has 0 unspecified atom stereocenters. The topological polar surface area (TPSA) is 55.1 Å². The lowest BCUT2D eigenvalue weighted by atomic mass is 9.53. The number of amides is 1. The summed E-state index contributed by atoms with van der Waals surface area (Å²) in [5.74, 6) is 2.38. The van der Waals surface area contributed by atoms with Crippen molar-refractivity contribution in [3.63, 3.8) is 0 Å². The first kappa shape index (κ1) is 13.4. The van der Waals surface area contributed by atoms with E-state index in [1.54, 1.807) is 18.2 Å². The highest BCUT2D eigenvalue weighted by molar-refractivity contribution is 6.34. The van der Waals surface area contributed by atoms with Crippen LogP contribution < -0.4 is 11.1 Å². The van der Waals surface area contributed by atoms with Crippen molar-refractivity contribution in [1.29, 1.82) is 0 Å². The number of rotatable bonds is 2. The molecule has 0 atom stereocenters. The van der Waals surface area contributed by atoms with Crippen molar-refractivity contribution in [2.24, 2.45) is 17.8 Å². The van der Waals surface area contributed by atoms with Gasteiger partial charge in [-0.1, -0.05) is 11.6 Å². The first-order valence-corrected chi connectivity index (χ1v) is 8.28. The summed E-state index contributed by atoms with van der Waals surface area (Å²) in [5.41, 5.74) is 6.89. The van der Waals surface area contributed by atoms with Crippen LogP contribution in [-0.4, -0.2) is 11.4 Å². The van der Waals surface area contributed by atoms with Gasteiger partial charge in [0, 0.05) is 11.2 Å². The number of hydrogen-bond donors (Lipinski definition) is 2. The van der Waals surface area contributed by atoms with E-state index < -0.39 is 0 Å². The molecule has 4 aliphatic rings. The summed E-state index contributed by atoms with van der Waals surface area (Å²) in [4.78, 5) is 12.7. The van der Waals surface area contributed by atoms with Crippen LogP contribution in [0.3, 0.4) is 0 Å². The molecule has 0 aliphatic heterocycles. The lowest BCUT2D eigenvalue weighted by Crippen LogP contribution is -2.59. The Morgan fingerprint density at radius 2 is 1.71 bits per heavy atom. The monoisotopic (exact) mass is 304 g/mol. The molecular formula is C17H21ClN2O. The maximum absolute atomic E-state index is 12.7. The smallest absolute Gasteiger partial charge is 0.253 e. The van der Waals surface area contributed by atoms with Gasteiger partial charge in [-0.05, 0) is 74.5 Å². The average molecular weight is 305 g/mol. The molecule has 1 aromatic rings. The van der Waals surface area contributed by atoms with Crippen LogP contribution >= 0.6 is 11.6 Å². The molecule has 1 aromatic carbocycles. The first-order chi connectivity index (χ1) is 10.0. The van der Waals surface area contributed by atoms with E-state index >= 15 is 0 Å². The largest absolute Gasteiger partial charge is 0.399 e. The number of halogens is 1. The number of benzene rings is 1. The minimum absolute atomic E-state index is 0.0137. The normalized spacial score (nSPS) is 36.7. The minimum Gasteiger partial charge on any atom is -0.399 e. The molecule has 4 fully saturated rings. The maximum atomic E-state index is 12.7. The van der Waals surface area contributed by atoms with Gasteiger partial charge in [-0.25, -0.2) is 0 Å². The molecule has 0 radical (unpaired) electrons. The Labute approximate surface area is 130 Å². The van der Waals surface area contributed by atoms with Crippen LogP contribution in [-0.2, 0) is 0 Å². The van der Waals surface area contributed by atoms with Crippen molar-refractivity contribution < 1.29 is 4.79 Å². The number of carbonyl (C=O) groups excluding carboxylic acids is 1. The Bertz CT molecular complexity index is 563. The van der Waals surface area contributed by atoms with E-state index in [2.05, 4.69) is 5.32 Å². The Morgan fingerprint density at radius 3 is 2.29 bits per heavy atom. The van der Waals surface area contributed by atoms with E-state index in [1.165, 1.54) is 19.3 Å². The highest BCUT2D eigenvalue weighted by Gasteiger charge is 2.51. The average Bonchev–Trinajstić information content (AvgIpc) is 2.39. The lowest BCUT2D eigenvalue weighted by Gasteiger charge is -2.56. The summed E-state index contributed by atoms with van der Waals surface area (Å²) >= 11 is 6.16. The summed E-state index contributed by atoms with van der Waals surface area (Å²) in [7, 11) is 0. The number of anilines is 1. The molecule has 4 aliphatic carbocycles. The molecule has 3 N–H and O–H groups in total. The van der Waals surface area contributed by atoms with Crippen LogP contribution in [0.1, 0.15) is 48.9 Å². The summed E-state index contributed by atoms with van der Waals surface area (Å²) in [6, 6.07) is 5.10. The Kier molecular flexibility index (Phi) is 2.97. The van der Waals surface area contributed by atoms with Crippen molar-refractivity contribution in [2.75, 3.05) is 5.73 Å². The van der Waals surface area contributed by atoms with E-state index in [4.69, 9.17) is 17.3 Å². The molecule has 4 heteroatoms. The maximum Gasteiger partial charge on any atom is 0.253 e. The van der Waals surface area contributed by atoms with Crippen molar-refractivity contribution in [2.45, 2.75) is 44.1 Å². The van der Waals surface area contributed by atoms with Crippen LogP contribution in [0.5, 0.6) is 0 Å². The lowest BCUT2D eigenvalue weighted by molar-refractivity contribution is -0.0166. The number of carbonyl (C=O) groups is 1. The van der Waals surface area contributed by atoms with Crippen molar-refractivity contribution in [3.05, 3.63) is 28.8 Å². The van der Waals surface area contributed by atoms with Crippen molar-refractivity contribution in [1.82, 2.24) is 5.32 Å². The first-order valence-electron chi connectivity index (χ1n) is 7.90. The second-order valence-corrected chi connectivity index (χ2v) is 7.80. The molecule has 0 heterocycles. The molecular weight excluding hydrogens is 284 g/mol. The molecule has 112 valence electrons. The highest BCUT2D eigenvalue weighted by Crippen LogP contribution is 2.55. The highest BCUT2D eigenvalue weighted by atomic mass is 35.5. The van der Waals surface area contributed by atoms with Crippen molar-refractivity contribution >= 4 is 23.2 Å². The third-order valence-corrected chi connectivity index (χ3v) is 5.98. The predicted octanol–water partition coefficient (Wildman–Crippen LogP) is 3.62. The van der Waals surface area contributed by atoms with Crippen LogP contribution in [0.4, 0.5) is 5.69 Å². The molecule has 4 bridgehead atoms. The summed E-state index contributed by atoms with van der Waals surface area (Å²) in [6.45, 7) is 0. The number of nitrogens with two attached hydrogens (primary N) is 1. The van der Waals surface area contributed by atoms with Crippen molar-refractivity contribution in [3.8, 4) is 0 Å². The minimum atomic E-state index is -0.0609. The fraction of sp³-hybridized carbons (Fsp3) is 0.588. The SMILES string of the molecule is Nc1ccc(Cl)c(C(=O)NC23CC4CC(CC(C4)C2)C3)c1. The Hall–Kier alpha value is -1.22. The Morgan fingerprint density at radius 1 is 1.14 bits per heavy atom. The number of nitrogens with one attached hydrogen (secondary N) is 1. The van der Waals surface area contributed by atoms with Crippen LogP contribution in [0.25, 0.3) is 0 Å². The van der Waals surface area contributed by atoms with Gasteiger partial charge in [0.1, 0.15) is 0 Å². The van der Waals surface area contributed by atoms with E-state index in [0.29, 0.717) is 16.3 Å². The van der Waals surface area contributed by atoms with E-state index in [0.717, 1.165) is 37.0 Å². The zero-order valence-electron chi connectivity index (χ0n) is 12.1. The van der Waals surface area contributed by atoms with Gasteiger partial charge in [0.25, 0.3) is 5.91 Å². The number of nitrogen functional groups attached to an aromatic ring is 1. The summed E-state index contributed by atoms with van der Waals surface area (Å²) in [5, 5.41) is 3.81. The standard InChI is InChI=1S/C17H21ClN2O/c18-15-2-1-13(19)6-14(15)16(21)20-17-7-10-3-11(8-17)5-12(4-10)9-17/h1-2,6,10-12H,3-5,7-9,19H2,(H,20,21). The van der Waals surface area contributed by atoms with Crippen LogP contribution in [0.2, 0.25) is 5.02 Å². The summed E-state index contributed by atoms with van der Waals surface area (Å²) in [6.07, 6.45) is 7.54. The third kappa shape index (κ3) is 2.32. The van der Waals surface area contributed by atoms with Crippen LogP contribution in [0, 0.1) is 17.8 Å². The van der Waals surface area contributed by atoms with Gasteiger partial charge in [-0.2, -0.15) is 0 Å². The zero-order chi connectivity index (χ0) is 14.6. The second-order valence-electron chi connectivity index (χ2n) is 7.39. The molecule has 0 spiro atoms. The molecule has 1 amide bonds. The van der Waals surface area contributed by atoms with E-state index in [-0.39, 0.29) is 11.4 Å². The van der Waals surface area contributed by atoms with E-state index in [9.17, 15) is 4.79 Å². The molecule has 21 heavy (non-hydrogen) atoms. The van der Waals surface area contributed by atoms with E-state index in [1.807, 2.05) is 0 Å². The van der Waals surface area contributed by atoms with Gasteiger partial charge in [0.15, 0.2) is 0 Å². The van der Waals surface area contributed by atoms with Gasteiger partial charge in [0.2, 0.25) is 0 Å². The van der Waals surface area contributed by atoms with Gasteiger partial charge >= 0.3 is 0 Å². The molecule has 3 nitrogen and oxygen atoms in total. The quantitative estimate of drug-likeness (QED) is 0.820. The second kappa shape index (κ2) is 4.64. The van der Waals surface area contributed by atoms with Gasteiger partial charge in [-0.3, -0.25) is 4.79 Å². The fourth-order valence-electron chi connectivity index (χ4n) is 5.29. The third-order valence-electron chi connectivity index (χ3n) is 5.65. The molecule has 4 saturated carbocycles. The summed E-state index contributed by atoms with van der Waals surface area (Å²) < 4.78 is 0. The van der Waals surface area contributed by atoms with Gasteiger partial charge in [-0.15, -0.1) is 0 Å². The molecule has 5 rings (SSSR count). The number of hydrogen-bond acceptors (Lipinski definition) is 2. The molecule has 0 aromatic heterocycles. The van der Waals surface area contributed by atoms with Gasteiger partial charge < -0.3 is 11.1 Å². The molecule has 0 saturated heterocycles. The Balaban J connectivity index is 1.58. The predicted molar refractivity (Wildman–Crippen MR) is 84.2 cm³/mol. The fourth-order valence-corrected chi connectivity index (χ4v) is 5.49.